The second-order valence-corrected chi connectivity index (χ2v) is 11.9. The van der Waals surface area contributed by atoms with E-state index < -0.39 is 18.5 Å². The molecule has 1 heterocycles. The highest BCUT2D eigenvalue weighted by molar-refractivity contribution is 6.37. The number of carbonyl (C=O) groups is 3. The number of carboxylic acid groups (broad SMARTS) is 1. The molecular weight excluding hydrogens is 477 g/mol. The van der Waals surface area contributed by atoms with Crippen molar-refractivity contribution in [3.8, 4) is 5.75 Å². The van der Waals surface area contributed by atoms with E-state index in [1.165, 1.54) is 0 Å². The number of aliphatic carboxylic acids is 1. The first-order valence-corrected chi connectivity index (χ1v) is 12.1. The van der Waals surface area contributed by atoms with Crippen LogP contribution in [-0.4, -0.2) is 41.2 Å². The number of benzene rings is 1. The van der Waals surface area contributed by atoms with E-state index in [1.807, 2.05) is 7.05 Å². The molecule has 0 saturated carbocycles. The molecule has 0 radical (unpaired) electrons. The van der Waals surface area contributed by atoms with Crippen LogP contribution in [0, 0.1) is 10.8 Å². The normalized spacial score (nSPS) is 22.0. The summed E-state index contributed by atoms with van der Waals surface area (Å²) in [4.78, 5) is 40.0. The molecule has 6 nitrogen and oxygen atoms in total. The van der Waals surface area contributed by atoms with Crippen LogP contribution >= 0.6 is 23.2 Å². The molecule has 3 aliphatic rings. The summed E-state index contributed by atoms with van der Waals surface area (Å²) in [6.07, 6.45) is 2.21. The predicted molar refractivity (Wildman–Crippen MR) is 130 cm³/mol. The molecule has 4 rings (SSSR count). The van der Waals surface area contributed by atoms with Gasteiger partial charge in [-0.25, -0.2) is 4.79 Å². The lowest BCUT2D eigenvalue weighted by Gasteiger charge is -2.48. The summed E-state index contributed by atoms with van der Waals surface area (Å²) in [7, 11) is 1.95. The van der Waals surface area contributed by atoms with Crippen LogP contribution in [-0.2, 0) is 14.4 Å². The Labute approximate surface area is 209 Å². The maximum atomic E-state index is 13.5. The Bertz CT molecular complexity index is 1100. The van der Waals surface area contributed by atoms with Crippen molar-refractivity contribution in [2.75, 3.05) is 13.7 Å². The molecule has 8 heteroatoms. The predicted octanol–water partition coefficient (Wildman–Crippen LogP) is 5.77. The van der Waals surface area contributed by atoms with Crippen LogP contribution in [0.2, 0.25) is 10.0 Å². The average Bonchev–Trinajstić information content (AvgIpc) is 2.67. The fourth-order valence-corrected chi connectivity index (χ4v) is 6.13. The fraction of sp³-hybridized carbons (Fsp3) is 0.500. The number of carbonyl (C=O) groups excluding carboxylic acids is 2. The van der Waals surface area contributed by atoms with Crippen molar-refractivity contribution < 1.29 is 24.2 Å². The number of halogens is 2. The zero-order valence-electron chi connectivity index (χ0n) is 20.1. The third-order valence-electron chi connectivity index (χ3n) is 6.87. The molecule has 0 saturated heterocycles. The lowest BCUT2D eigenvalue weighted by Crippen LogP contribution is -2.43. The number of hydrogen-bond acceptors (Lipinski definition) is 5. The standard InChI is InChI=1S/C26H29Cl2NO5/c1-25(2)8-16-22(18(30)10-25)21(23-17(29(16)5)9-26(3,4)11-19(23)31)13-6-14(27)24(15(28)7-13)34-12-20(32)33/h6-7,21H,8-12H2,1-5H3,(H,32,33). The number of carboxylic acids is 1. The zero-order chi connectivity index (χ0) is 25.2. The van der Waals surface area contributed by atoms with Crippen molar-refractivity contribution in [1.82, 2.24) is 4.90 Å². The fourth-order valence-electron chi connectivity index (χ4n) is 5.52. The first-order chi connectivity index (χ1) is 15.7. The van der Waals surface area contributed by atoms with Gasteiger partial charge in [-0.15, -0.1) is 0 Å². The van der Waals surface area contributed by atoms with Crippen LogP contribution in [0.4, 0.5) is 0 Å². The summed E-state index contributed by atoms with van der Waals surface area (Å²) in [6.45, 7) is 7.75. The Kier molecular flexibility index (Phi) is 6.14. The van der Waals surface area contributed by atoms with Crippen molar-refractivity contribution in [3.05, 3.63) is 50.3 Å². The molecule has 1 N–H and O–H groups in total. The van der Waals surface area contributed by atoms with Crippen molar-refractivity contribution >= 4 is 40.7 Å². The van der Waals surface area contributed by atoms with Crippen LogP contribution in [0.1, 0.15) is 64.9 Å². The Morgan fingerprint density at radius 2 is 1.41 bits per heavy atom. The summed E-state index contributed by atoms with van der Waals surface area (Å²) >= 11 is 12.9. The number of nitrogens with zero attached hydrogens (tertiary/aromatic N) is 1. The highest BCUT2D eigenvalue weighted by atomic mass is 35.5. The molecule has 1 aliphatic heterocycles. The summed E-state index contributed by atoms with van der Waals surface area (Å²) in [5.41, 5.74) is 3.38. The second kappa shape index (κ2) is 8.42. The number of Topliss-reactive ketones (excluding diaryl/α,β-unsaturated/α-hetero) is 2. The van der Waals surface area contributed by atoms with Gasteiger partial charge in [-0.1, -0.05) is 50.9 Å². The largest absolute Gasteiger partial charge is 0.479 e. The van der Waals surface area contributed by atoms with E-state index in [9.17, 15) is 14.4 Å². The summed E-state index contributed by atoms with van der Waals surface area (Å²) in [5.74, 6) is -1.62. The molecular formula is C26H29Cl2NO5. The minimum absolute atomic E-state index is 0.0192. The van der Waals surface area contributed by atoms with Gasteiger partial charge in [0, 0.05) is 48.3 Å². The summed E-state index contributed by atoms with van der Waals surface area (Å²) < 4.78 is 5.27. The number of hydrogen-bond donors (Lipinski definition) is 1. The van der Waals surface area contributed by atoms with Crippen LogP contribution in [0.5, 0.6) is 5.75 Å². The highest BCUT2D eigenvalue weighted by Crippen LogP contribution is 2.54. The zero-order valence-corrected chi connectivity index (χ0v) is 21.6. The van der Waals surface area contributed by atoms with Crippen molar-refractivity contribution in [1.29, 1.82) is 0 Å². The van der Waals surface area contributed by atoms with E-state index in [-0.39, 0.29) is 38.2 Å². The van der Waals surface area contributed by atoms with Gasteiger partial charge in [-0.2, -0.15) is 0 Å². The van der Waals surface area contributed by atoms with Crippen molar-refractivity contribution in [3.63, 3.8) is 0 Å². The Hall–Kier alpha value is -2.31. The molecule has 0 unspecified atom stereocenters. The smallest absolute Gasteiger partial charge is 0.341 e. The molecule has 1 aromatic rings. The molecule has 182 valence electrons. The van der Waals surface area contributed by atoms with Crippen molar-refractivity contribution in [2.24, 2.45) is 10.8 Å². The van der Waals surface area contributed by atoms with Gasteiger partial charge in [0.05, 0.1) is 10.0 Å². The monoisotopic (exact) mass is 505 g/mol. The van der Waals surface area contributed by atoms with E-state index in [1.54, 1.807) is 12.1 Å². The van der Waals surface area contributed by atoms with Gasteiger partial charge >= 0.3 is 5.97 Å². The Morgan fingerprint density at radius 1 is 0.971 bits per heavy atom. The van der Waals surface area contributed by atoms with Crippen molar-refractivity contribution in [2.45, 2.75) is 59.3 Å². The maximum Gasteiger partial charge on any atom is 0.341 e. The van der Waals surface area contributed by atoms with Crippen LogP contribution in [0.15, 0.2) is 34.7 Å². The first-order valence-electron chi connectivity index (χ1n) is 11.3. The molecule has 0 bridgehead atoms. The van der Waals surface area contributed by atoms with Crippen LogP contribution < -0.4 is 4.74 Å². The lowest BCUT2D eigenvalue weighted by molar-refractivity contribution is -0.139. The van der Waals surface area contributed by atoms with E-state index in [0.29, 0.717) is 42.4 Å². The Morgan fingerprint density at radius 3 is 1.82 bits per heavy atom. The summed E-state index contributed by atoms with van der Waals surface area (Å²) in [6, 6.07) is 3.27. The highest BCUT2D eigenvalue weighted by Gasteiger charge is 2.48. The number of rotatable bonds is 4. The SMILES string of the molecule is CN1C2=C(C(=O)CC(C)(C)C2)C(c2cc(Cl)c(OCC(=O)O)c(Cl)c2)C2=C1CC(C)(C)CC2=O. The van der Waals surface area contributed by atoms with E-state index in [4.69, 9.17) is 33.0 Å². The van der Waals surface area contributed by atoms with Gasteiger partial charge < -0.3 is 14.7 Å². The number of ether oxygens (including phenoxy) is 1. The summed E-state index contributed by atoms with van der Waals surface area (Å²) in [5, 5.41) is 9.21. The van der Waals surface area contributed by atoms with E-state index >= 15 is 0 Å². The van der Waals surface area contributed by atoms with Gasteiger partial charge in [0.25, 0.3) is 0 Å². The van der Waals surface area contributed by atoms with E-state index in [0.717, 1.165) is 11.4 Å². The number of allylic oxidation sites excluding steroid dienone is 4. The van der Waals surface area contributed by atoms with Gasteiger partial charge in [0.15, 0.2) is 23.9 Å². The topological polar surface area (TPSA) is 83.9 Å². The first kappa shape index (κ1) is 24.8. The molecule has 0 atom stereocenters. The molecule has 1 aromatic carbocycles. The van der Waals surface area contributed by atoms with Crippen LogP contribution in [0.3, 0.4) is 0 Å². The number of ketones is 2. The molecule has 0 amide bonds. The van der Waals surface area contributed by atoms with Gasteiger partial charge in [-0.05, 0) is 41.4 Å². The Balaban J connectivity index is 1.92. The van der Waals surface area contributed by atoms with E-state index in [2.05, 4.69) is 32.6 Å². The minimum Gasteiger partial charge on any atom is -0.479 e. The van der Waals surface area contributed by atoms with Gasteiger partial charge in [0.2, 0.25) is 0 Å². The van der Waals surface area contributed by atoms with Crippen LogP contribution in [0.25, 0.3) is 0 Å². The maximum absolute atomic E-state index is 13.5. The molecule has 2 aliphatic carbocycles. The third kappa shape index (κ3) is 4.38. The molecule has 34 heavy (non-hydrogen) atoms. The van der Waals surface area contributed by atoms with Gasteiger partial charge in [-0.3, -0.25) is 9.59 Å². The quantitative estimate of drug-likeness (QED) is 0.558. The molecule has 0 aromatic heterocycles. The second-order valence-electron chi connectivity index (χ2n) is 11.1. The minimum atomic E-state index is -1.15. The molecule has 0 spiro atoms. The lowest BCUT2D eigenvalue weighted by atomic mass is 9.64. The molecule has 0 fully saturated rings. The third-order valence-corrected chi connectivity index (χ3v) is 7.44. The average molecular weight is 506 g/mol. The van der Waals surface area contributed by atoms with Gasteiger partial charge in [0.1, 0.15) is 0 Å².